The predicted molar refractivity (Wildman–Crippen MR) is 76.1 cm³/mol. The lowest BCUT2D eigenvalue weighted by molar-refractivity contribution is 0.220. The van der Waals surface area contributed by atoms with Crippen molar-refractivity contribution in [3.63, 3.8) is 0 Å². The number of hydrogen-bond donors (Lipinski definition) is 1. The van der Waals surface area contributed by atoms with E-state index in [1.807, 2.05) is 18.2 Å². The Morgan fingerprint density at radius 1 is 1.21 bits per heavy atom. The second kappa shape index (κ2) is 6.25. The highest BCUT2D eigenvalue weighted by atomic mass is 32.2. The highest BCUT2D eigenvalue weighted by Gasteiger charge is 2.18. The summed E-state index contributed by atoms with van der Waals surface area (Å²) in [5.41, 5.74) is 6.41. The van der Waals surface area contributed by atoms with Crippen molar-refractivity contribution in [2.24, 2.45) is 0 Å². The minimum atomic E-state index is -2.84. The molecule has 0 aliphatic carbocycles. The summed E-state index contributed by atoms with van der Waals surface area (Å²) >= 11 is 0. The van der Waals surface area contributed by atoms with Gasteiger partial charge in [-0.25, -0.2) is 8.42 Å². The van der Waals surface area contributed by atoms with Crippen LogP contribution in [-0.2, 0) is 9.84 Å². The van der Waals surface area contributed by atoms with Gasteiger partial charge in [-0.05, 0) is 25.1 Å². The molecule has 6 heteroatoms. The molecule has 2 N–H and O–H groups in total. The fourth-order valence-electron chi connectivity index (χ4n) is 2.11. The molecule has 0 saturated carbocycles. The molecule has 2 rings (SSSR count). The van der Waals surface area contributed by atoms with Gasteiger partial charge in [0.15, 0.2) is 9.84 Å². The molecule has 0 spiro atoms. The van der Waals surface area contributed by atoms with E-state index < -0.39 is 9.84 Å². The van der Waals surface area contributed by atoms with Crippen molar-refractivity contribution in [3.05, 3.63) is 24.3 Å². The van der Waals surface area contributed by atoms with Crippen molar-refractivity contribution in [1.29, 1.82) is 0 Å². The molecule has 106 valence electrons. The van der Waals surface area contributed by atoms with Gasteiger partial charge in [-0.15, -0.1) is 0 Å². The highest BCUT2D eigenvalue weighted by Crippen LogP contribution is 2.19. The van der Waals surface area contributed by atoms with Gasteiger partial charge >= 0.3 is 0 Å². The molecule has 0 bridgehead atoms. The molecule has 1 heterocycles. The average Bonchev–Trinajstić information content (AvgIpc) is 2.53. The SMILES string of the molecule is Nc1ccccc1OCCN1CCCS(=O)(=O)CC1. The van der Waals surface area contributed by atoms with E-state index in [1.165, 1.54) is 0 Å². The molecule has 1 fully saturated rings. The first-order valence-corrected chi connectivity index (χ1v) is 8.29. The molecule has 0 atom stereocenters. The molecule has 1 saturated heterocycles. The Morgan fingerprint density at radius 2 is 2.00 bits per heavy atom. The maximum absolute atomic E-state index is 11.5. The molecule has 0 unspecified atom stereocenters. The van der Waals surface area contributed by atoms with E-state index in [1.54, 1.807) is 6.07 Å². The summed E-state index contributed by atoms with van der Waals surface area (Å²) in [6.45, 7) is 2.65. The fourth-order valence-corrected chi connectivity index (χ4v) is 3.42. The van der Waals surface area contributed by atoms with Crippen LogP contribution in [0.5, 0.6) is 5.75 Å². The molecule has 1 aromatic rings. The number of anilines is 1. The van der Waals surface area contributed by atoms with E-state index in [-0.39, 0.29) is 5.75 Å². The van der Waals surface area contributed by atoms with Crippen LogP contribution in [0.15, 0.2) is 24.3 Å². The van der Waals surface area contributed by atoms with Gasteiger partial charge in [-0.2, -0.15) is 0 Å². The molecule has 5 nitrogen and oxygen atoms in total. The summed E-state index contributed by atoms with van der Waals surface area (Å²) in [6, 6.07) is 7.38. The Balaban J connectivity index is 1.78. The number of benzene rings is 1. The van der Waals surface area contributed by atoms with Crippen molar-refractivity contribution in [3.8, 4) is 5.75 Å². The van der Waals surface area contributed by atoms with E-state index >= 15 is 0 Å². The van der Waals surface area contributed by atoms with Crippen LogP contribution >= 0.6 is 0 Å². The Morgan fingerprint density at radius 3 is 2.79 bits per heavy atom. The largest absolute Gasteiger partial charge is 0.490 e. The van der Waals surface area contributed by atoms with Crippen molar-refractivity contribution in [2.75, 3.05) is 43.5 Å². The van der Waals surface area contributed by atoms with Crippen molar-refractivity contribution in [1.82, 2.24) is 4.90 Å². The summed E-state index contributed by atoms with van der Waals surface area (Å²) in [7, 11) is -2.84. The predicted octanol–water partition coefficient (Wildman–Crippen LogP) is 0.768. The number of hydrogen-bond acceptors (Lipinski definition) is 5. The van der Waals surface area contributed by atoms with Crippen LogP contribution in [0.4, 0.5) is 5.69 Å². The van der Waals surface area contributed by atoms with Gasteiger partial charge in [0.05, 0.1) is 17.2 Å². The molecule has 1 aliphatic rings. The highest BCUT2D eigenvalue weighted by molar-refractivity contribution is 7.91. The zero-order chi connectivity index (χ0) is 13.7. The molecule has 0 aromatic heterocycles. The number of rotatable bonds is 4. The second-order valence-electron chi connectivity index (χ2n) is 4.73. The van der Waals surface area contributed by atoms with Gasteiger partial charge in [0.1, 0.15) is 12.4 Å². The first-order valence-electron chi connectivity index (χ1n) is 6.47. The molecule has 1 aliphatic heterocycles. The third kappa shape index (κ3) is 4.40. The summed E-state index contributed by atoms with van der Waals surface area (Å²) in [5, 5.41) is 0. The second-order valence-corrected chi connectivity index (χ2v) is 7.04. The number of nitrogen functional groups attached to an aromatic ring is 1. The van der Waals surface area contributed by atoms with Gasteiger partial charge in [-0.1, -0.05) is 12.1 Å². The lowest BCUT2D eigenvalue weighted by Crippen LogP contribution is -2.31. The topological polar surface area (TPSA) is 72.6 Å². The van der Waals surface area contributed by atoms with Gasteiger partial charge in [0, 0.05) is 13.1 Å². The van der Waals surface area contributed by atoms with Crippen molar-refractivity contribution < 1.29 is 13.2 Å². The minimum absolute atomic E-state index is 0.250. The van der Waals surface area contributed by atoms with Gasteiger partial charge < -0.3 is 10.5 Å². The van der Waals surface area contributed by atoms with Crippen LogP contribution in [-0.4, -0.2) is 51.1 Å². The Hall–Kier alpha value is -1.27. The zero-order valence-electron chi connectivity index (χ0n) is 10.9. The van der Waals surface area contributed by atoms with E-state index in [2.05, 4.69) is 4.90 Å². The summed E-state index contributed by atoms with van der Waals surface area (Å²) < 4.78 is 28.6. The standard InChI is InChI=1S/C13H20N2O3S/c14-12-4-1-2-5-13(12)18-9-7-15-6-3-10-19(16,17)11-8-15/h1-2,4-5H,3,6-11,14H2. The van der Waals surface area contributed by atoms with E-state index in [9.17, 15) is 8.42 Å². The van der Waals surface area contributed by atoms with Crippen LogP contribution in [0.25, 0.3) is 0 Å². The van der Waals surface area contributed by atoms with E-state index in [4.69, 9.17) is 10.5 Å². The lowest BCUT2D eigenvalue weighted by atomic mass is 10.3. The van der Waals surface area contributed by atoms with Crippen LogP contribution < -0.4 is 10.5 Å². The normalized spacial score (nSPS) is 19.8. The van der Waals surface area contributed by atoms with Crippen LogP contribution in [0.2, 0.25) is 0 Å². The van der Waals surface area contributed by atoms with Crippen molar-refractivity contribution in [2.45, 2.75) is 6.42 Å². The van der Waals surface area contributed by atoms with E-state index in [0.717, 1.165) is 13.1 Å². The molecular weight excluding hydrogens is 264 g/mol. The minimum Gasteiger partial charge on any atom is -0.490 e. The van der Waals surface area contributed by atoms with Crippen LogP contribution in [0.3, 0.4) is 0 Å². The van der Waals surface area contributed by atoms with Gasteiger partial charge in [0.25, 0.3) is 0 Å². The van der Waals surface area contributed by atoms with E-state index in [0.29, 0.717) is 36.8 Å². The monoisotopic (exact) mass is 284 g/mol. The Labute approximate surface area is 114 Å². The summed E-state index contributed by atoms with van der Waals surface area (Å²) in [5.74, 6) is 1.24. The first-order chi connectivity index (χ1) is 9.07. The number of para-hydroxylation sites is 2. The van der Waals surface area contributed by atoms with Crippen LogP contribution in [0.1, 0.15) is 6.42 Å². The first kappa shape index (κ1) is 14.1. The van der Waals surface area contributed by atoms with Gasteiger partial charge in [0.2, 0.25) is 0 Å². The summed E-state index contributed by atoms with van der Waals surface area (Å²) in [6.07, 6.45) is 0.704. The molecule has 1 aromatic carbocycles. The molecule has 19 heavy (non-hydrogen) atoms. The third-order valence-electron chi connectivity index (χ3n) is 3.23. The fraction of sp³-hybridized carbons (Fsp3) is 0.538. The maximum atomic E-state index is 11.5. The van der Waals surface area contributed by atoms with Crippen molar-refractivity contribution >= 4 is 15.5 Å². The quantitative estimate of drug-likeness (QED) is 0.827. The third-order valence-corrected chi connectivity index (χ3v) is 4.95. The zero-order valence-corrected chi connectivity index (χ0v) is 11.7. The number of sulfone groups is 1. The Bertz CT molecular complexity index is 516. The molecule has 0 radical (unpaired) electrons. The molecule has 0 amide bonds. The Kier molecular flexibility index (Phi) is 4.66. The summed E-state index contributed by atoms with van der Waals surface area (Å²) in [4.78, 5) is 2.13. The average molecular weight is 284 g/mol. The lowest BCUT2D eigenvalue weighted by Gasteiger charge is -2.19. The van der Waals surface area contributed by atoms with Gasteiger partial charge in [-0.3, -0.25) is 4.90 Å². The smallest absolute Gasteiger partial charge is 0.151 e. The number of nitrogens with two attached hydrogens (primary N) is 1. The maximum Gasteiger partial charge on any atom is 0.151 e. The number of nitrogens with zero attached hydrogens (tertiary/aromatic N) is 1. The van der Waals surface area contributed by atoms with Crippen LogP contribution in [0, 0.1) is 0 Å². The molecular formula is C13H20N2O3S. The number of ether oxygens (including phenoxy) is 1.